The number of fused-ring (bicyclic) bond motifs is 1. The summed E-state index contributed by atoms with van der Waals surface area (Å²) < 4.78 is 17.2. The molecule has 0 atom stereocenters. The molecule has 0 amide bonds. The van der Waals surface area contributed by atoms with Gasteiger partial charge in [0.25, 0.3) is 0 Å². The van der Waals surface area contributed by atoms with Crippen LogP contribution < -0.4 is 14.2 Å². The molecule has 0 fully saturated rings. The van der Waals surface area contributed by atoms with Crippen LogP contribution in [0.3, 0.4) is 0 Å². The standard InChI is InChI=1S/C20H18INO3/c1-23-17-6-4-5-14-8-10-15(22-19(14)17)9-7-13-11-16(21)20(25-3)18(12-13)24-2/h4-12H,1-3H3/b9-7+. The molecule has 0 saturated heterocycles. The topological polar surface area (TPSA) is 40.6 Å². The van der Waals surface area contributed by atoms with E-state index in [0.29, 0.717) is 5.75 Å². The van der Waals surface area contributed by atoms with Gasteiger partial charge in [-0.15, -0.1) is 0 Å². The van der Waals surface area contributed by atoms with E-state index in [9.17, 15) is 0 Å². The molecule has 1 heterocycles. The number of aromatic nitrogens is 1. The Bertz CT molecular complexity index is 938. The van der Waals surface area contributed by atoms with Crippen LogP contribution in [0.1, 0.15) is 11.3 Å². The molecule has 0 aliphatic rings. The summed E-state index contributed by atoms with van der Waals surface area (Å²) in [6.07, 6.45) is 3.98. The van der Waals surface area contributed by atoms with E-state index in [4.69, 9.17) is 19.2 Å². The predicted octanol–water partition coefficient (Wildman–Crippen LogP) is 5.04. The fourth-order valence-corrected chi connectivity index (χ4v) is 3.45. The molecule has 4 nitrogen and oxygen atoms in total. The molecule has 0 spiro atoms. The first-order chi connectivity index (χ1) is 12.2. The van der Waals surface area contributed by atoms with Gasteiger partial charge in [0.05, 0.1) is 30.6 Å². The smallest absolute Gasteiger partial charge is 0.174 e. The summed E-state index contributed by atoms with van der Waals surface area (Å²) in [4.78, 5) is 4.69. The lowest BCUT2D eigenvalue weighted by Gasteiger charge is -2.10. The quantitative estimate of drug-likeness (QED) is 0.515. The molecule has 2 aromatic carbocycles. The maximum Gasteiger partial charge on any atom is 0.174 e. The molecule has 5 heteroatoms. The second-order valence-electron chi connectivity index (χ2n) is 5.34. The van der Waals surface area contributed by atoms with Crippen molar-refractivity contribution in [3.63, 3.8) is 0 Å². The Morgan fingerprint density at radius 2 is 1.68 bits per heavy atom. The molecule has 0 aliphatic heterocycles. The summed E-state index contributed by atoms with van der Waals surface area (Å²) in [5.74, 6) is 2.23. The monoisotopic (exact) mass is 447 g/mol. The maximum atomic E-state index is 5.40. The highest BCUT2D eigenvalue weighted by molar-refractivity contribution is 14.1. The second-order valence-corrected chi connectivity index (χ2v) is 6.50. The van der Waals surface area contributed by atoms with Gasteiger partial charge in [-0.2, -0.15) is 0 Å². The van der Waals surface area contributed by atoms with Crippen molar-refractivity contribution < 1.29 is 14.2 Å². The lowest BCUT2D eigenvalue weighted by atomic mass is 10.1. The van der Waals surface area contributed by atoms with E-state index < -0.39 is 0 Å². The van der Waals surface area contributed by atoms with Gasteiger partial charge < -0.3 is 14.2 Å². The first-order valence-corrected chi connectivity index (χ1v) is 8.77. The van der Waals surface area contributed by atoms with E-state index in [-0.39, 0.29) is 0 Å². The van der Waals surface area contributed by atoms with Crippen LogP contribution in [0.5, 0.6) is 17.2 Å². The van der Waals surface area contributed by atoms with Gasteiger partial charge in [-0.1, -0.05) is 24.3 Å². The van der Waals surface area contributed by atoms with Crippen molar-refractivity contribution in [1.29, 1.82) is 0 Å². The average Bonchev–Trinajstić information content (AvgIpc) is 2.65. The molecule has 3 aromatic rings. The van der Waals surface area contributed by atoms with Gasteiger partial charge in [-0.3, -0.25) is 0 Å². The highest BCUT2D eigenvalue weighted by atomic mass is 127. The van der Waals surface area contributed by atoms with Gasteiger partial charge in [0.1, 0.15) is 11.3 Å². The van der Waals surface area contributed by atoms with Gasteiger partial charge in [0.2, 0.25) is 0 Å². The van der Waals surface area contributed by atoms with Crippen molar-refractivity contribution in [1.82, 2.24) is 4.98 Å². The van der Waals surface area contributed by atoms with E-state index >= 15 is 0 Å². The van der Waals surface area contributed by atoms with Crippen LogP contribution in [0.25, 0.3) is 23.1 Å². The molecule has 0 aliphatic carbocycles. The SMILES string of the molecule is COc1cc(/C=C/c2ccc3cccc(OC)c3n2)cc(I)c1OC. The third-order valence-electron chi connectivity index (χ3n) is 3.83. The number of rotatable bonds is 5. The fraction of sp³-hybridized carbons (Fsp3) is 0.150. The van der Waals surface area contributed by atoms with Crippen LogP contribution in [-0.4, -0.2) is 26.3 Å². The second kappa shape index (κ2) is 7.74. The van der Waals surface area contributed by atoms with Crippen molar-refractivity contribution in [2.24, 2.45) is 0 Å². The molecule has 3 rings (SSSR count). The molecule has 0 bridgehead atoms. The number of nitrogens with zero attached hydrogens (tertiary/aromatic N) is 1. The normalized spacial score (nSPS) is 11.0. The minimum absolute atomic E-state index is 0.710. The zero-order valence-corrected chi connectivity index (χ0v) is 16.4. The minimum Gasteiger partial charge on any atom is -0.494 e. The van der Waals surface area contributed by atoms with E-state index in [1.165, 1.54) is 0 Å². The Hall–Kier alpha value is -2.28. The summed E-state index contributed by atoms with van der Waals surface area (Å²) in [6.45, 7) is 0. The largest absolute Gasteiger partial charge is 0.494 e. The zero-order valence-electron chi connectivity index (χ0n) is 14.2. The third-order valence-corrected chi connectivity index (χ3v) is 4.63. The minimum atomic E-state index is 0.710. The Morgan fingerprint density at radius 1 is 0.880 bits per heavy atom. The first kappa shape index (κ1) is 17.5. The van der Waals surface area contributed by atoms with Crippen molar-refractivity contribution in [2.45, 2.75) is 0 Å². The maximum absolute atomic E-state index is 5.40. The molecular weight excluding hydrogens is 429 g/mol. The number of para-hydroxylation sites is 1. The molecule has 25 heavy (non-hydrogen) atoms. The predicted molar refractivity (Wildman–Crippen MR) is 109 cm³/mol. The lowest BCUT2D eigenvalue weighted by molar-refractivity contribution is 0.353. The van der Waals surface area contributed by atoms with Crippen LogP contribution in [0, 0.1) is 3.57 Å². The van der Waals surface area contributed by atoms with Crippen molar-refractivity contribution >= 4 is 45.6 Å². The molecule has 0 unspecified atom stereocenters. The number of benzene rings is 2. The lowest BCUT2D eigenvalue weighted by Crippen LogP contribution is -1.94. The summed E-state index contributed by atoms with van der Waals surface area (Å²) in [5, 5.41) is 1.05. The number of ether oxygens (including phenoxy) is 3. The highest BCUT2D eigenvalue weighted by Gasteiger charge is 2.09. The summed E-state index contributed by atoms with van der Waals surface area (Å²) in [5.41, 5.74) is 2.74. The van der Waals surface area contributed by atoms with E-state index in [2.05, 4.69) is 22.6 Å². The van der Waals surface area contributed by atoms with Crippen molar-refractivity contribution in [2.75, 3.05) is 21.3 Å². The Morgan fingerprint density at radius 3 is 2.40 bits per heavy atom. The van der Waals surface area contributed by atoms with E-state index in [1.807, 2.05) is 54.6 Å². The van der Waals surface area contributed by atoms with Gasteiger partial charge in [0.15, 0.2) is 11.5 Å². The van der Waals surface area contributed by atoms with Crippen LogP contribution in [0.4, 0.5) is 0 Å². The van der Waals surface area contributed by atoms with Gasteiger partial charge in [-0.25, -0.2) is 4.98 Å². The average molecular weight is 447 g/mol. The number of hydrogen-bond acceptors (Lipinski definition) is 4. The zero-order chi connectivity index (χ0) is 17.8. The van der Waals surface area contributed by atoms with Gasteiger partial charge in [0, 0.05) is 5.39 Å². The number of methoxy groups -OCH3 is 3. The molecule has 1 aromatic heterocycles. The molecule has 128 valence electrons. The van der Waals surface area contributed by atoms with Gasteiger partial charge in [-0.05, 0) is 58.5 Å². The Balaban J connectivity index is 1.97. The molecule has 0 N–H and O–H groups in total. The molecular formula is C20H18INO3. The van der Waals surface area contributed by atoms with Crippen LogP contribution in [0.2, 0.25) is 0 Å². The first-order valence-electron chi connectivity index (χ1n) is 7.69. The number of hydrogen-bond donors (Lipinski definition) is 0. The Kier molecular flexibility index (Phi) is 5.43. The van der Waals surface area contributed by atoms with Crippen LogP contribution in [-0.2, 0) is 0 Å². The fourth-order valence-electron chi connectivity index (χ4n) is 2.61. The molecule has 0 radical (unpaired) electrons. The van der Waals surface area contributed by atoms with Gasteiger partial charge >= 0.3 is 0 Å². The van der Waals surface area contributed by atoms with Crippen LogP contribution in [0.15, 0.2) is 42.5 Å². The number of pyridine rings is 1. The third kappa shape index (κ3) is 3.71. The summed E-state index contributed by atoms with van der Waals surface area (Å²) in [7, 11) is 4.94. The van der Waals surface area contributed by atoms with Crippen molar-refractivity contribution in [3.8, 4) is 17.2 Å². The van der Waals surface area contributed by atoms with Crippen molar-refractivity contribution in [3.05, 3.63) is 57.3 Å². The Labute approximate surface area is 160 Å². The summed E-state index contributed by atoms with van der Waals surface area (Å²) >= 11 is 2.24. The van der Waals surface area contributed by atoms with E-state index in [1.54, 1.807) is 21.3 Å². The molecule has 0 saturated carbocycles. The highest BCUT2D eigenvalue weighted by Crippen LogP contribution is 2.34. The summed E-state index contributed by atoms with van der Waals surface area (Å²) in [6, 6.07) is 13.9. The van der Waals surface area contributed by atoms with E-state index in [0.717, 1.165) is 37.2 Å². The number of halogens is 1. The van der Waals surface area contributed by atoms with Crippen LogP contribution >= 0.6 is 22.6 Å².